The number of hydrogen-bond donors (Lipinski definition) is 2. The number of carbonyl (C=O) groups is 1. The molecule has 0 bridgehead atoms. The molecule has 0 unspecified atom stereocenters. The molecule has 1 aromatic rings. The van der Waals surface area contributed by atoms with Crippen LogP contribution in [0.25, 0.3) is 0 Å². The molecule has 0 aliphatic rings. The lowest BCUT2D eigenvalue weighted by atomic mass is 10.1. The van der Waals surface area contributed by atoms with Crippen LogP contribution in [0, 0.1) is 0 Å². The standard InChI is InChI=1S/C11H17N3O/c1-7(2)9-5-8(11(15)13-4)6-10(12-3)14-9/h5-7H,1-4H3,(H,12,14)(H,13,15). The first-order valence-electron chi connectivity index (χ1n) is 5.00. The van der Waals surface area contributed by atoms with E-state index in [9.17, 15) is 4.79 Å². The lowest BCUT2D eigenvalue weighted by molar-refractivity contribution is 0.0963. The Morgan fingerprint density at radius 3 is 2.47 bits per heavy atom. The zero-order chi connectivity index (χ0) is 11.4. The normalized spacial score (nSPS) is 10.2. The lowest BCUT2D eigenvalue weighted by Gasteiger charge is -2.09. The Bertz CT molecular complexity index is 361. The van der Waals surface area contributed by atoms with Crippen LogP contribution in [0.4, 0.5) is 5.82 Å². The summed E-state index contributed by atoms with van der Waals surface area (Å²) in [5.74, 6) is 0.942. The molecule has 0 saturated heterocycles. The van der Waals surface area contributed by atoms with Crippen LogP contribution in [0.15, 0.2) is 12.1 Å². The topological polar surface area (TPSA) is 54.0 Å². The second-order valence-corrected chi connectivity index (χ2v) is 3.65. The minimum Gasteiger partial charge on any atom is -0.373 e. The second-order valence-electron chi connectivity index (χ2n) is 3.65. The molecular formula is C11H17N3O. The number of aromatic nitrogens is 1. The molecule has 0 aliphatic carbocycles. The quantitative estimate of drug-likeness (QED) is 0.791. The highest BCUT2D eigenvalue weighted by atomic mass is 16.1. The van der Waals surface area contributed by atoms with Gasteiger partial charge in [-0.3, -0.25) is 4.79 Å². The number of anilines is 1. The van der Waals surface area contributed by atoms with Gasteiger partial charge >= 0.3 is 0 Å². The van der Waals surface area contributed by atoms with Gasteiger partial charge in [-0.15, -0.1) is 0 Å². The molecule has 4 nitrogen and oxygen atoms in total. The van der Waals surface area contributed by atoms with Gasteiger partial charge < -0.3 is 10.6 Å². The number of hydrogen-bond acceptors (Lipinski definition) is 3. The number of nitrogens with zero attached hydrogens (tertiary/aromatic N) is 1. The summed E-state index contributed by atoms with van der Waals surface area (Å²) in [4.78, 5) is 15.9. The van der Waals surface area contributed by atoms with E-state index < -0.39 is 0 Å². The first-order valence-corrected chi connectivity index (χ1v) is 5.00. The number of nitrogens with one attached hydrogen (secondary N) is 2. The summed E-state index contributed by atoms with van der Waals surface area (Å²) < 4.78 is 0. The summed E-state index contributed by atoms with van der Waals surface area (Å²) in [6.07, 6.45) is 0. The van der Waals surface area contributed by atoms with Crippen LogP contribution in [0.3, 0.4) is 0 Å². The summed E-state index contributed by atoms with van der Waals surface area (Å²) in [7, 11) is 3.41. The Hall–Kier alpha value is -1.58. The molecule has 4 heteroatoms. The molecule has 82 valence electrons. The lowest BCUT2D eigenvalue weighted by Crippen LogP contribution is -2.18. The minimum atomic E-state index is -0.0872. The fourth-order valence-electron chi connectivity index (χ4n) is 1.25. The first kappa shape index (κ1) is 11.5. The van der Waals surface area contributed by atoms with Crippen molar-refractivity contribution in [3.05, 3.63) is 23.4 Å². The third kappa shape index (κ3) is 2.68. The highest BCUT2D eigenvalue weighted by Crippen LogP contribution is 2.17. The van der Waals surface area contributed by atoms with Crippen LogP contribution in [-0.2, 0) is 0 Å². The summed E-state index contributed by atoms with van der Waals surface area (Å²) in [6.45, 7) is 4.10. The highest BCUT2D eigenvalue weighted by molar-refractivity contribution is 5.94. The molecule has 1 aromatic heterocycles. The van der Waals surface area contributed by atoms with E-state index in [-0.39, 0.29) is 5.91 Å². The van der Waals surface area contributed by atoms with Crippen molar-refractivity contribution < 1.29 is 4.79 Å². The average molecular weight is 207 g/mol. The van der Waals surface area contributed by atoms with Gasteiger partial charge in [0.15, 0.2) is 0 Å². The molecule has 0 spiro atoms. The third-order valence-corrected chi connectivity index (χ3v) is 2.18. The van der Waals surface area contributed by atoms with E-state index in [1.807, 2.05) is 6.07 Å². The maximum atomic E-state index is 11.5. The van der Waals surface area contributed by atoms with Crippen molar-refractivity contribution in [1.82, 2.24) is 10.3 Å². The van der Waals surface area contributed by atoms with E-state index in [0.717, 1.165) is 11.5 Å². The molecule has 1 rings (SSSR count). The van der Waals surface area contributed by atoms with Crippen molar-refractivity contribution in [1.29, 1.82) is 0 Å². The molecular weight excluding hydrogens is 190 g/mol. The Balaban J connectivity index is 3.17. The van der Waals surface area contributed by atoms with Crippen LogP contribution in [0.5, 0.6) is 0 Å². The molecule has 0 saturated carbocycles. The predicted octanol–water partition coefficient (Wildman–Crippen LogP) is 1.61. The maximum Gasteiger partial charge on any atom is 0.251 e. The fourth-order valence-corrected chi connectivity index (χ4v) is 1.25. The minimum absolute atomic E-state index is 0.0872. The largest absolute Gasteiger partial charge is 0.373 e. The van der Waals surface area contributed by atoms with Gasteiger partial charge in [0.05, 0.1) is 0 Å². The van der Waals surface area contributed by atoms with E-state index in [0.29, 0.717) is 11.5 Å². The van der Waals surface area contributed by atoms with Gasteiger partial charge in [-0.2, -0.15) is 0 Å². The fraction of sp³-hybridized carbons (Fsp3) is 0.455. The number of amides is 1. The SMILES string of the molecule is CNC(=O)c1cc(NC)nc(C(C)C)c1. The van der Waals surface area contributed by atoms with Crippen LogP contribution >= 0.6 is 0 Å². The van der Waals surface area contributed by atoms with Gasteiger partial charge in [0, 0.05) is 25.4 Å². The molecule has 0 fully saturated rings. The van der Waals surface area contributed by atoms with Gasteiger partial charge in [0.1, 0.15) is 5.82 Å². The van der Waals surface area contributed by atoms with Gasteiger partial charge in [0.2, 0.25) is 0 Å². The van der Waals surface area contributed by atoms with E-state index in [1.54, 1.807) is 20.2 Å². The predicted molar refractivity (Wildman–Crippen MR) is 61.3 cm³/mol. The van der Waals surface area contributed by atoms with Gasteiger partial charge in [-0.1, -0.05) is 13.8 Å². The Kier molecular flexibility index (Phi) is 3.66. The Morgan fingerprint density at radius 1 is 1.33 bits per heavy atom. The second kappa shape index (κ2) is 4.77. The van der Waals surface area contributed by atoms with E-state index in [2.05, 4.69) is 29.5 Å². The van der Waals surface area contributed by atoms with Gasteiger partial charge in [0.25, 0.3) is 5.91 Å². The molecule has 0 aliphatic heterocycles. The molecule has 2 N–H and O–H groups in total. The van der Waals surface area contributed by atoms with Crippen molar-refractivity contribution in [2.75, 3.05) is 19.4 Å². The maximum absolute atomic E-state index is 11.5. The molecule has 0 atom stereocenters. The molecule has 1 amide bonds. The number of pyridine rings is 1. The summed E-state index contributed by atoms with van der Waals surface area (Å²) in [5, 5.41) is 5.55. The third-order valence-electron chi connectivity index (χ3n) is 2.18. The summed E-state index contributed by atoms with van der Waals surface area (Å²) in [6, 6.07) is 3.56. The molecule has 0 radical (unpaired) electrons. The Morgan fingerprint density at radius 2 is 2.00 bits per heavy atom. The van der Waals surface area contributed by atoms with Crippen molar-refractivity contribution in [2.45, 2.75) is 19.8 Å². The van der Waals surface area contributed by atoms with Crippen molar-refractivity contribution >= 4 is 11.7 Å². The van der Waals surface area contributed by atoms with Crippen molar-refractivity contribution in [3.63, 3.8) is 0 Å². The molecule has 1 heterocycles. The molecule has 15 heavy (non-hydrogen) atoms. The first-order chi connectivity index (χ1) is 7.08. The smallest absolute Gasteiger partial charge is 0.251 e. The van der Waals surface area contributed by atoms with Crippen LogP contribution in [-0.4, -0.2) is 25.0 Å². The van der Waals surface area contributed by atoms with Gasteiger partial charge in [-0.25, -0.2) is 4.98 Å². The van der Waals surface area contributed by atoms with Crippen LogP contribution in [0.1, 0.15) is 35.8 Å². The number of rotatable bonds is 3. The van der Waals surface area contributed by atoms with E-state index in [4.69, 9.17) is 0 Å². The van der Waals surface area contributed by atoms with E-state index in [1.165, 1.54) is 0 Å². The number of carbonyl (C=O) groups excluding carboxylic acids is 1. The summed E-state index contributed by atoms with van der Waals surface area (Å²) >= 11 is 0. The zero-order valence-electron chi connectivity index (χ0n) is 9.59. The van der Waals surface area contributed by atoms with Crippen molar-refractivity contribution in [2.24, 2.45) is 0 Å². The molecule has 0 aromatic carbocycles. The van der Waals surface area contributed by atoms with Crippen molar-refractivity contribution in [3.8, 4) is 0 Å². The highest BCUT2D eigenvalue weighted by Gasteiger charge is 2.09. The monoisotopic (exact) mass is 207 g/mol. The average Bonchev–Trinajstić information content (AvgIpc) is 2.27. The van der Waals surface area contributed by atoms with E-state index >= 15 is 0 Å². The zero-order valence-corrected chi connectivity index (χ0v) is 9.59. The van der Waals surface area contributed by atoms with Gasteiger partial charge in [-0.05, 0) is 18.1 Å². The van der Waals surface area contributed by atoms with Crippen LogP contribution < -0.4 is 10.6 Å². The Labute approximate surface area is 90.1 Å². The summed E-state index contributed by atoms with van der Waals surface area (Å²) in [5.41, 5.74) is 1.56. The van der Waals surface area contributed by atoms with Crippen LogP contribution in [0.2, 0.25) is 0 Å².